The molecule has 0 spiro atoms. The minimum absolute atomic E-state index is 0.0712. The number of esters is 1. The van der Waals surface area contributed by atoms with Crippen molar-refractivity contribution in [1.82, 2.24) is 0 Å². The molecule has 3 N–H and O–H groups in total. The molecule has 2 aliphatic carbocycles. The lowest BCUT2D eigenvalue weighted by Gasteiger charge is -2.06. The van der Waals surface area contributed by atoms with Gasteiger partial charge in [0.15, 0.2) is 5.78 Å². The number of nitrogen functional groups attached to an aromatic ring is 1. The van der Waals surface area contributed by atoms with Crippen molar-refractivity contribution in [2.24, 2.45) is 5.92 Å². The number of anilines is 2. The number of carbonyl (C=O) groups is 2. The molecule has 1 aromatic rings. The van der Waals surface area contributed by atoms with Crippen molar-refractivity contribution in [3.8, 4) is 0 Å². The fourth-order valence-electron chi connectivity index (χ4n) is 2.08. The van der Waals surface area contributed by atoms with Gasteiger partial charge in [-0.05, 0) is 32.6 Å². The predicted octanol–water partition coefficient (Wildman–Crippen LogP) is 2.67. The molecule has 0 saturated heterocycles. The maximum absolute atomic E-state index is 12.2. The third-order valence-electron chi connectivity index (χ3n) is 3.51. The number of Topliss-reactive ketones (excluding diaryl/α,β-unsaturated/α-hetero) is 1. The molecule has 2 saturated carbocycles. The Bertz CT molecular complexity index is 559. The van der Waals surface area contributed by atoms with Gasteiger partial charge in [-0.15, -0.1) is 11.3 Å². The van der Waals surface area contributed by atoms with E-state index in [0.29, 0.717) is 28.1 Å². The van der Waals surface area contributed by atoms with Crippen molar-refractivity contribution in [2.75, 3.05) is 17.7 Å². The lowest BCUT2D eigenvalue weighted by atomic mass is 10.1. The van der Waals surface area contributed by atoms with Crippen LogP contribution in [0.3, 0.4) is 0 Å². The van der Waals surface area contributed by atoms with Crippen molar-refractivity contribution >= 4 is 33.8 Å². The molecule has 2 aliphatic rings. The molecule has 0 radical (unpaired) electrons. The van der Waals surface area contributed by atoms with Gasteiger partial charge < -0.3 is 15.8 Å². The summed E-state index contributed by atoms with van der Waals surface area (Å²) >= 11 is 1.30. The number of nitrogens with two attached hydrogens (primary N) is 1. The van der Waals surface area contributed by atoms with Gasteiger partial charge in [0.05, 0.1) is 17.2 Å². The average Bonchev–Trinajstić information content (AvgIpc) is 3.28. The quantitative estimate of drug-likeness (QED) is 0.622. The van der Waals surface area contributed by atoms with E-state index >= 15 is 0 Å². The standard InChI is InChI=1S/C14H18N2O3S/c1-2-19-14(18)9-10(15)12(11(17)7-3-4-7)20-13(9)16-8-5-6-8/h7-8,16H,2-6,15H2,1H3. The topological polar surface area (TPSA) is 81.4 Å². The summed E-state index contributed by atoms with van der Waals surface area (Å²) < 4.78 is 5.06. The van der Waals surface area contributed by atoms with E-state index in [1.54, 1.807) is 6.92 Å². The first-order chi connectivity index (χ1) is 9.61. The summed E-state index contributed by atoms with van der Waals surface area (Å²) in [5.41, 5.74) is 6.67. The van der Waals surface area contributed by atoms with E-state index in [1.165, 1.54) is 11.3 Å². The molecule has 5 nitrogen and oxygen atoms in total. The van der Waals surface area contributed by atoms with E-state index in [4.69, 9.17) is 10.5 Å². The van der Waals surface area contributed by atoms with Crippen LogP contribution in [0.25, 0.3) is 0 Å². The molecule has 0 aliphatic heterocycles. The van der Waals surface area contributed by atoms with Crippen molar-refractivity contribution in [1.29, 1.82) is 0 Å². The lowest BCUT2D eigenvalue weighted by Crippen LogP contribution is -2.11. The Morgan fingerprint density at radius 1 is 1.35 bits per heavy atom. The molecule has 0 aromatic carbocycles. The summed E-state index contributed by atoms with van der Waals surface area (Å²) in [6.07, 6.45) is 4.03. The van der Waals surface area contributed by atoms with Crippen LogP contribution in [0, 0.1) is 5.92 Å². The Kier molecular flexibility index (Phi) is 3.41. The average molecular weight is 294 g/mol. The van der Waals surface area contributed by atoms with E-state index in [9.17, 15) is 9.59 Å². The predicted molar refractivity (Wildman–Crippen MR) is 78.4 cm³/mol. The van der Waals surface area contributed by atoms with Crippen molar-refractivity contribution in [3.05, 3.63) is 10.4 Å². The van der Waals surface area contributed by atoms with Gasteiger partial charge in [-0.2, -0.15) is 0 Å². The van der Waals surface area contributed by atoms with Crippen LogP contribution < -0.4 is 11.1 Å². The second kappa shape index (κ2) is 5.09. The van der Waals surface area contributed by atoms with E-state index in [2.05, 4.69) is 5.32 Å². The Morgan fingerprint density at radius 3 is 2.60 bits per heavy atom. The zero-order chi connectivity index (χ0) is 14.3. The van der Waals surface area contributed by atoms with Gasteiger partial charge in [0.2, 0.25) is 0 Å². The molecule has 0 bridgehead atoms. The molecular formula is C14H18N2O3S. The van der Waals surface area contributed by atoms with Crippen LogP contribution in [0.2, 0.25) is 0 Å². The van der Waals surface area contributed by atoms with Crippen LogP contribution in [0.15, 0.2) is 0 Å². The number of rotatable bonds is 6. The normalized spacial score (nSPS) is 17.9. The van der Waals surface area contributed by atoms with Crippen LogP contribution in [0.1, 0.15) is 52.6 Å². The fraction of sp³-hybridized carbons (Fsp3) is 0.571. The van der Waals surface area contributed by atoms with Gasteiger partial charge in [-0.3, -0.25) is 4.79 Å². The Morgan fingerprint density at radius 2 is 2.05 bits per heavy atom. The van der Waals surface area contributed by atoms with E-state index in [0.717, 1.165) is 25.7 Å². The number of ketones is 1. The number of ether oxygens (including phenoxy) is 1. The first kappa shape index (κ1) is 13.4. The first-order valence-corrected chi connectivity index (χ1v) is 7.83. The fourth-order valence-corrected chi connectivity index (χ4v) is 3.28. The van der Waals surface area contributed by atoms with E-state index in [1.807, 2.05) is 0 Å². The highest BCUT2D eigenvalue weighted by atomic mass is 32.1. The van der Waals surface area contributed by atoms with Crippen LogP contribution in [-0.2, 0) is 4.74 Å². The van der Waals surface area contributed by atoms with Crippen molar-refractivity contribution in [2.45, 2.75) is 38.6 Å². The summed E-state index contributed by atoms with van der Waals surface area (Å²) in [4.78, 5) is 24.8. The molecule has 20 heavy (non-hydrogen) atoms. The second-order valence-electron chi connectivity index (χ2n) is 5.33. The molecule has 0 unspecified atom stereocenters. The monoisotopic (exact) mass is 294 g/mol. The zero-order valence-corrected chi connectivity index (χ0v) is 12.2. The van der Waals surface area contributed by atoms with Gasteiger partial charge in [0.1, 0.15) is 10.6 Å². The van der Waals surface area contributed by atoms with Gasteiger partial charge in [0.25, 0.3) is 0 Å². The van der Waals surface area contributed by atoms with Gasteiger partial charge >= 0.3 is 5.97 Å². The largest absolute Gasteiger partial charge is 0.462 e. The smallest absolute Gasteiger partial charge is 0.343 e. The maximum atomic E-state index is 12.2. The zero-order valence-electron chi connectivity index (χ0n) is 11.4. The third kappa shape index (κ3) is 2.52. The summed E-state index contributed by atoms with van der Waals surface area (Å²) in [5.74, 6) is -0.277. The maximum Gasteiger partial charge on any atom is 0.343 e. The summed E-state index contributed by atoms with van der Waals surface area (Å²) in [6.45, 7) is 2.05. The highest BCUT2D eigenvalue weighted by Gasteiger charge is 2.36. The summed E-state index contributed by atoms with van der Waals surface area (Å²) in [6, 6.07) is 0.394. The first-order valence-electron chi connectivity index (χ1n) is 7.02. The molecule has 2 fully saturated rings. The summed E-state index contributed by atoms with van der Waals surface area (Å²) in [5, 5.41) is 3.97. The molecule has 0 atom stereocenters. The van der Waals surface area contributed by atoms with Gasteiger partial charge in [0, 0.05) is 12.0 Å². The number of hydrogen-bond acceptors (Lipinski definition) is 6. The molecule has 108 valence electrons. The molecule has 1 aromatic heterocycles. The molecule has 1 heterocycles. The van der Waals surface area contributed by atoms with Gasteiger partial charge in [-0.25, -0.2) is 4.79 Å². The molecular weight excluding hydrogens is 276 g/mol. The number of thiophene rings is 1. The van der Waals surface area contributed by atoms with Crippen LogP contribution in [-0.4, -0.2) is 24.4 Å². The number of carbonyl (C=O) groups excluding carboxylic acids is 2. The second-order valence-corrected chi connectivity index (χ2v) is 6.35. The van der Waals surface area contributed by atoms with Gasteiger partial charge in [-0.1, -0.05) is 0 Å². The Labute approximate surface area is 121 Å². The van der Waals surface area contributed by atoms with Crippen LogP contribution in [0.4, 0.5) is 10.7 Å². The van der Waals surface area contributed by atoms with E-state index < -0.39 is 5.97 Å². The lowest BCUT2D eigenvalue weighted by molar-refractivity contribution is 0.0529. The summed E-state index contributed by atoms with van der Waals surface area (Å²) in [7, 11) is 0. The number of nitrogens with one attached hydrogen (secondary N) is 1. The van der Waals surface area contributed by atoms with Crippen LogP contribution >= 0.6 is 11.3 Å². The minimum Gasteiger partial charge on any atom is -0.462 e. The SMILES string of the molecule is CCOC(=O)c1c(NC2CC2)sc(C(=O)C2CC2)c1N. The Balaban J connectivity index is 1.94. The highest BCUT2D eigenvalue weighted by molar-refractivity contribution is 7.19. The van der Waals surface area contributed by atoms with E-state index in [-0.39, 0.29) is 17.4 Å². The van der Waals surface area contributed by atoms with Crippen molar-refractivity contribution < 1.29 is 14.3 Å². The molecule has 3 rings (SSSR count). The number of hydrogen-bond donors (Lipinski definition) is 2. The molecule has 6 heteroatoms. The molecule has 0 amide bonds. The van der Waals surface area contributed by atoms with Crippen LogP contribution in [0.5, 0.6) is 0 Å². The Hall–Kier alpha value is -1.56. The van der Waals surface area contributed by atoms with Crippen molar-refractivity contribution in [3.63, 3.8) is 0 Å². The third-order valence-corrected chi connectivity index (χ3v) is 4.66. The highest BCUT2D eigenvalue weighted by Crippen LogP contribution is 2.43. The minimum atomic E-state index is -0.445.